The molecule has 0 spiro atoms. The van der Waals surface area contributed by atoms with Crippen molar-refractivity contribution in [3.63, 3.8) is 0 Å². The highest BCUT2D eigenvalue weighted by Gasteiger charge is 2.40. The maximum atomic E-state index is 8.25. The van der Waals surface area contributed by atoms with E-state index < -0.39 is 0 Å². The molecule has 1 saturated heterocycles. The van der Waals surface area contributed by atoms with Crippen molar-refractivity contribution < 1.29 is 0 Å². The van der Waals surface area contributed by atoms with Crippen LogP contribution in [0.25, 0.3) is 0 Å². The first-order valence-electron chi connectivity index (χ1n) is 6.52. The second kappa shape index (κ2) is 5.88. The lowest BCUT2D eigenvalue weighted by molar-refractivity contribution is 0.439. The van der Waals surface area contributed by atoms with Gasteiger partial charge in [0.1, 0.15) is 0 Å². The number of hydrogen-bond donors (Lipinski definition) is 2. The largest absolute Gasteiger partial charge is 0.356 e. The zero-order valence-electron chi connectivity index (χ0n) is 11.8. The standard InChI is InChI=1S/C16H24N2/c1-7-9-13(17)16-12(6)18-14(8-2)15(16)11(5)10(3)4/h11,15-18H,2-3,6-7,9H2,1,4-5H3. The van der Waals surface area contributed by atoms with Crippen LogP contribution in [0.2, 0.25) is 0 Å². The van der Waals surface area contributed by atoms with Crippen molar-refractivity contribution in [3.8, 4) is 0 Å². The van der Waals surface area contributed by atoms with Crippen LogP contribution in [0.4, 0.5) is 0 Å². The molecule has 98 valence electrons. The molecule has 18 heavy (non-hydrogen) atoms. The van der Waals surface area contributed by atoms with E-state index >= 15 is 0 Å². The molecule has 1 heterocycles. The van der Waals surface area contributed by atoms with Gasteiger partial charge < -0.3 is 10.7 Å². The van der Waals surface area contributed by atoms with Crippen LogP contribution in [0, 0.1) is 23.2 Å². The van der Waals surface area contributed by atoms with Crippen LogP contribution in [0.5, 0.6) is 0 Å². The van der Waals surface area contributed by atoms with Crippen LogP contribution in [0.15, 0.2) is 42.4 Å². The maximum absolute atomic E-state index is 8.25. The Morgan fingerprint density at radius 2 is 2.17 bits per heavy atom. The molecule has 3 unspecified atom stereocenters. The predicted molar refractivity (Wildman–Crippen MR) is 78.5 cm³/mol. The van der Waals surface area contributed by atoms with Gasteiger partial charge in [-0.25, -0.2) is 0 Å². The molecule has 1 fully saturated rings. The molecule has 0 aliphatic carbocycles. The Hall–Kier alpha value is -1.53. The van der Waals surface area contributed by atoms with Gasteiger partial charge in [-0.05, 0) is 19.3 Å². The molecular formula is C16H24N2. The summed E-state index contributed by atoms with van der Waals surface area (Å²) < 4.78 is 0. The van der Waals surface area contributed by atoms with Crippen molar-refractivity contribution in [2.24, 2.45) is 17.8 Å². The van der Waals surface area contributed by atoms with E-state index in [2.05, 4.69) is 44.6 Å². The van der Waals surface area contributed by atoms with Gasteiger partial charge in [-0.15, -0.1) is 5.73 Å². The zero-order valence-corrected chi connectivity index (χ0v) is 11.8. The minimum absolute atomic E-state index is 0.0564. The Labute approximate surface area is 111 Å². The Morgan fingerprint density at radius 3 is 2.61 bits per heavy atom. The monoisotopic (exact) mass is 244 g/mol. The fourth-order valence-corrected chi connectivity index (χ4v) is 2.58. The summed E-state index contributed by atoms with van der Waals surface area (Å²) in [5, 5.41) is 11.5. The minimum atomic E-state index is 0.0564. The number of rotatable bonds is 5. The van der Waals surface area contributed by atoms with Crippen LogP contribution in [-0.4, -0.2) is 5.71 Å². The van der Waals surface area contributed by atoms with Gasteiger partial charge in [-0.2, -0.15) is 0 Å². The van der Waals surface area contributed by atoms with Crippen LogP contribution < -0.4 is 5.32 Å². The van der Waals surface area contributed by atoms with Gasteiger partial charge in [0.05, 0.1) is 5.70 Å². The summed E-state index contributed by atoms with van der Waals surface area (Å²) in [5.41, 5.74) is 6.70. The SMILES string of the molecule is C=C=C1NC(=C)C(C(=N)CCC)C1C(C)C(=C)C. The average Bonchev–Trinajstić information content (AvgIpc) is 2.65. The topological polar surface area (TPSA) is 35.9 Å². The second-order valence-electron chi connectivity index (χ2n) is 5.15. The predicted octanol–water partition coefficient (Wildman–Crippen LogP) is 4.04. The average molecular weight is 244 g/mol. The maximum Gasteiger partial charge on any atom is 0.0621 e. The van der Waals surface area contributed by atoms with Crippen LogP contribution in [-0.2, 0) is 0 Å². The molecule has 2 heteroatoms. The smallest absolute Gasteiger partial charge is 0.0621 e. The highest BCUT2D eigenvalue weighted by Crippen LogP contribution is 2.40. The van der Waals surface area contributed by atoms with Crippen molar-refractivity contribution in [2.75, 3.05) is 0 Å². The Morgan fingerprint density at radius 1 is 1.56 bits per heavy atom. The van der Waals surface area contributed by atoms with Gasteiger partial charge in [0.25, 0.3) is 0 Å². The number of allylic oxidation sites excluding steroid dienone is 3. The molecule has 0 bridgehead atoms. The van der Waals surface area contributed by atoms with Gasteiger partial charge in [0.2, 0.25) is 0 Å². The van der Waals surface area contributed by atoms with Crippen molar-refractivity contribution in [1.29, 1.82) is 5.41 Å². The Kier molecular flexibility index (Phi) is 4.75. The summed E-state index contributed by atoms with van der Waals surface area (Å²) in [6.45, 7) is 18.1. The molecule has 1 aliphatic heterocycles. The first-order valence-corrected chi connectivity index (χ1v) is 6.52. The lowest BCUT2D eigenvalue weighted by Crippen LogP contribution is -2.25. The molecule has 0 aromatic rings. The third kappa shape index (κ3) is 2.65. The molecule has 2 nitrogen and oxygen atoms in total. The van der Waals surface area contributed by atoms with E-state index in [9.17, 15) is 0 Å². The summed E-state index contributed by atoms with van der Waals surface area (Å²) in [4.78, 5) is 0. The Bertz CT molecular complexity index is 424. The second-order valence-corrected chi connectivity index (χ2v) is 5.15. The molecule has 3 atom stereocenters. The van der Waals surface area contributed by atoms with Gasteiger partial charge >= 0.3 is 0 Å². The van der Waals surface area contributed by atoms with E-state index in [1.807, 2.05) is 6.92 Å². The van der Waals surface area contributed by atoms with Gasteiger partial charge in [0.15, 0.2) is 0 Å². The van der Waals surface area contributed by atoms with E-state index in [1.54, 1.807) is 0 Å². The summed E-state index contributed by atoms with van der Waals surface area (Å²) in [5.74, 6) is 0.538. The highest BCUT2D eigenvalue weighted by atomic mass is 15.0. The minimum Gasteiger partial charge on any atom is -0.356 e. The normalized spacial score (nSPS) is 24.4. The number of nitrogens with one attached hydrogen (secondary N) is 2. The molecule has 0 radical (unpaired) electrons. The fourth-order valence-electron chi connectivity index (χ4n) is 2.58. The number of hydrogen-bond acceptors (Lipinski definition) is 2. The molecule has 0 saturated carbocycles. The van der Waals surface area contributed by atoms with Gasteiger partial charge in [0, 0.05) is 23.2 Å². The third-order valence-electron chi connectivity index (χ3n) is 3.76. The lowest BCUT2D eigenvalue weighted by atomic mass is 9.76. The zero-order chi connectivity index (χ0) is 13.9. The molecule has 2 N–H and O–H groups in total. The van der Waals surface area contributed by atoms with E-state index in [1.165, 1.54) is 0 Å². The third-order valence-corrected chi connectivity index (χ3v) is 3.76. The quantitative estimate of drug-likeness (QED) is 0.427. The summed E-state index contributed by atoms with van der Waals surface area (Å²) in [7, 11) is 0. The van der Waals surface area contributed by atoms with Crippen LogP contribution in [0.3, 0.4) is 0 Å². The summed E-state index contributed by atoms with van der Waals surface area (Å²) in [6.07, 6.45) is 1.80. The van der Waals surface area contributed by atoms with E-state index in [0.717, 1.165) is 35.5 Å². The van der Waals surface area contributed by atoms with E-state index in [4.69, 9.17) is 5.41 Å². The molecule has 1 aliphatic rings. The van der Waals surface area contributed by atoms with E-state index in [-0.39, 0.29) is 11.8 Å². The molecular weight excluding hydrogens is 220 g/mol. The van der Waals surface area contributed by atoms with Crippen molar-refractivity contribution in [3.05, 3.63) is 42.4 Å². The highest BCUT2D eigenvalue weighted by molar-refractivity contribution is 5.87. The van der Waals surface area contributed by atoms with Crippen molar-refractivity contribution >= 4 is 5.71 Å². The van der Waals surface area contributed by atoms with E-state index in [0.29, 0.717) is 5.92 Å². The van der Waals surface area contributed by atoms with Crippen molar-refractivity contribution in [1.82, 2.24) is 5.32 Å². The molecule has 1 rings (SSSR count). The van der Waals surface area contributed by atoms with Gasteiger partial charge in [-0.3, -0.25) is 0 Å². The molecule has 0 aromatic carbocycles. The first-order chi connectivity index (χ1) is 8.43. The summed E-state index contributed by atoms with van der Waals surface area (Å²) in [6, 6.07) is 0. The summed E-state index contributed by atoms with van der Waals surface area (Å²) >= 11 is 0. The lowest BCUT2D eigenvalue weighted by Gasteiger charge is -2.26. The van der Waals surface area contributed by atoms with Crippen molar-refractivity contribution in [2.45, 2.75) is 33.6 Å². The Balaban J connectivity index is 3.12. The van der Waals surface area contributed by atoms with Crippen LogP contribution in [0.1, 0.15) is 33.6 Å². The van der Waals surface area contributed by atoms with Crippen LogP contribution >= 0.6 is 0 Å². The van der Waals surface area contributed by atoms with Gasteiger partial charge in [-0.1, -0.05) is 45.6 Å². The first kappa shape index (κ1) is 14.5. The molecule has 0 amide bonds. The fraction of sp³-hybridized carbons (Fsp3) is 0.500. The molecule has 0 aromatic heterocycles.